The van der Waals surface area contributed by atoms with Crippen molar-refractivity contribution in [2.75, 3.05) is 0 Å². The number of fused-ring (bicyclic) bond motifs is 3. The molecule has 3 heterocycles. The zero-order valence-corrected chi connectivity index (χ0v) is 36.2. The van der Waals surface area contributed by atoms with Gasteiger partial charge in [-0.15, -0.1) is 54.1 Å². The van der Waals surface area contributed by atoms with Gasteiger partial charge in [-0.05, 0) is 57.4 Å². The first-order chi connectivity index (χ1) is 25.0. The molecule has 0 spiro atoms. The summed E-state index contributed by atoms with van der Waals surface area (Å²) in [7, 11) is -1.50. The summed E-state index contributed by atoms with van der Waals surface area (Å²) in [6.45, 7) is 22.0. The van der Waals surface area contributed by atoms with Crippen molar-refractivity contribution in [3.63, 3.8) is 0 Å². The molecule has 53 heavy (non-hydrogen) atoms. The fourth-order valence-electron chi connectivity index (χ4n) is 6.89. The van der Waals surface area contributed by atoms with Gasteiger partial charge in [-0.2, -0.15) is 0 Å². The van der Waals surface area contributed by atoms with Crippen molar-refractivity contribution >= 4 is 35.2 Å². The van der Waals surface area contributed by atoms with Gasteiger partial charge >= 0.3 is 0 Å². The molecule has 0 amide bonds. The second-order valence-electron chi connectivity index (χ2n) is 16.6. The van der Waals surface area contributed by atoms with Crippen LogP contribution in [0.5, 0.6) is 0 Å². The third kappa shape index (κ3) is 9.15. The topological polar surface area (TPSA) is 38.9 Å². The maximum atomic E-state index is 8.44. The van der Waals surface area contributed by atoms with Crippen LogP contribution >= 0.6 is 0 Å². The minimum absolute atomic E-state index is 0. The summed E-state index contributed by atoms with van der Waals surface area (Å²) in [6, 6.07) is 40.0. The molecule has 7 rings (SSSR count). The molecule has 1 radical (unpaired) electrons. The summed E-state index contributed by atoms with van der Waals surface area (Å²) in [5, 5.41) is 3.51. The summed E-state index contributed by atoms with van der Waals surface area (Å²) in [4.78, 5) is 9.30. The zero-order chi connectivity index (χ0) is 38.1. The first-order valence-electron chi connectivity index (χ1n) is 18.9. The number of nitrogens with zero attached hydrogens (tertiary/aromatic N) is 2. The Labute approximate surface area is 333 Å². The van der Waals surface area contributed by atoms with Gasteiger partial charge in [0.2, 0.25) is 0 Å². The van der Waals surface area contributed by atoms with Crippen LogP contribution in [-0.4, -0.2) is 18.0 Å². The van der Waals surface area contributed by atoms with Gasteiger partial charge in [0.15, 0.2) is 0 Å². The van der Waals surface area contributed by atoms with E-state index in [2.05, 4.69) is 138 Å². The Balaban J connectivity index is 0.000000230. The number of benzene rings is 4. The third-order valence-electron chi connectivity index (χ3n) is 9.37. The Morgan fingerprint density at radius 2 is 1.47 bits per heavy atom. The van der Waals surface area contributed by atoms with Crippen LogP contribution in [0.3, 0.4) is 0 Å². The monoisotopic (exact) mass is 894 g/mol. The molecule has 5 heteroatoms. The first kappa shape index (κ1) is 38.6. The Hall–Kier alpha value is -4.15. The maximum absolute atomic E-state index is 8.44. The number of hydrogen-bond donors (Lipinski definition) is 0. The molecule has 4 aromatic carbocycles. The standard InChI is InChI=1S/C31H30NO.C17H22NSi.Ir/c1-20(2)23-14-15-25-24-12-9-13-26(27-18-21(16-17-32-27)19-31(3,4)5)29(24)33-30(25)28(23)22-10-7-6-8-11-22;1-13(2)15-11-16(14-9-7-6-8-10-14)18-12-17(15)19(3,4)5;/h6-12,14-18,20H,19H2,1-5H3;6-9,11-13H,1-5H3;/q2*-1;/i;13D;. The van der Waals surface area contributed by atoms with Crippen molar-refractivity contribution in [2.45, 2.75) is 86.3 Å². The van der Waals surface area contributed by atoms with Gasteiger partial charge in [0.05, 0.1) is 13.7 Å². The predicted octanol–water partition coefficient (Wildman–Crippen LogP) is 13.0. The molecule has 0 bridgehead atoms. The minimum atomic E-state index is -1.50. The van der Waals surface area contributed by atoms with E-state index < -0.39 is 14.0 Å². The maximum Gasteiger partial charge on any atom is 0.129 e. The molecule has 0 aliphatic heterocycles. The largest absolute Gasteiger partial charge is 0.500 e. The Kier molecular flexibility index (Phi) is 12.0. The Morgan fingerprint density at radius 1 is 0.755 bits per heavy atom. The van der Waals surface area contributed by atoms with E-state index in [0.29, 0.717) is 5.92 Å². The predicted molar refractivity (Wildman–Crippen MR) is 224 cm³/mol. The second-order valence-corrected chi connectivity index (χ2v) is 21.6. The van der Waals surface area contributed by atoms with Gasteiger partial charge in [0, 0.05) is 44.8 Å². The van der Waals surface area contributed by atoms with Crippen molar-refractivity contribution in [3.05, 3.63) is 138 Å². The molecule has 0 N–H and O–H groups in total. The van der Waals surface area contributed by atoms with Crippen LogP contribution < -0.4 is 5.19 Å². The van der Waals surface area contributed by atoms with E-state index in [-0.39, 0.29) is 25.5 Å². The van der Waals surface area contributed by atoms with Crippen LogP contribution in [0.25, 0.3) is 55.6 Å². The van der Waals surface area contributed by atoms with Crippen molar-refractivity contribution in [3.8, 4) is 33.6 Å². The average Bonchev–Trinajstić information content (AvgIpc) is 3.50. The molecule has 0 unspecified atom stereocenters. The van der Waals surface area contributed by atoms with Gasteiger partial charge in [0.1, 0.15) is 5.58 Å². The number of hydrogen-bond acceptors (Lipinski definition) is 3. The molecule has 0 saturated carbocycles. The molecule has 0 aliphatic carbocycles. The molecular formula is C48H52IrN2OSi-2. The van der Waals surface area contributed by atoms with Crippen molar-refractivity contribution in [1.29, 1.82) is 0 Å². The SMILES string of the molecule is CC(C)c1ccc2c(oc3c(-c4cc(CC(C)(C)C)ccn4)[c-]ccc32)c1-c1ccccc1.[2H]C(C)(C)c1cc(-c2[c-]cccc2)ncc1[Si](C)(C)C.[Ir]. The normalized spacial score (nSPS) is 12.3. The van der Waals surface area contributed by atoms with Crippen LogP contribution in [0.2, 0.25) is 19.6 Å². The number of pyridine rings is 2. The van der Waals surface area contributed by atoms with Crippen molar-refractivity contribution in [2.24, 2.45) is 5.41 Å². The van der Waals surface area contributed by atoms with E-state index in [4.69, 9.17) is 10.8 Å². The molecular weight excluding hydrogens is 841 g/mol. The quantitative estimate of drug-likeness (QED) is 0.118. The van der Waals surface area contributed by atoms with Crippen LogP contribution in [0.15, 0.2) is 114 Å². The minimum Gasteiger partial charge on any atom is -0.500 e. The van der Waals surface area contributed by atoms with E-state index in [1.54, 1.807) is 0 Å². The molecule has 0 aliphatic rings. The first-order valence-corrected chi connectivity index (χ1v) is 21.9. The average molecular weight is 894 g/mol. The van der Waals surface area contributed by atoms with Crippen LogP contribution in [0, 0.1) is 17.5 Å². The number of rotatable bonds is 7. The summed E-state index contributed by atoms with van der Waals surface area (Å²) in [5.74, 6) is -0.221. The van der Waals surface area contributed by atoms with Gasteiger partial charge < -0.3 is 14.4 Å². The number of furan rings is 1. The molecule has 275 valence electrons. The molecule has 0 saturated heterocycles. The second kappa shape index (κ2) is 16.5. The smallest absolute Gasteiger partial charge is 0.129 e. The molecule has 0 atom stereocenters. The van der Waals surface area contributed by atoms with Crippen molar-refractivity contribution < 1.29 is 25.9 Å². The van der Waals surface area contributed by atoms with Crippen LogP contribution in [0.1, 0.15) is 78.3 Å². The Bertz CT molecular complexity index is 2350. The third-order valence-corrected chi connectivity index (χ3v) is 11.4. The van der Waals surface area contributed by atoms with Crippen LogP contribution in [-0.2, 0) is 26.5 Å². The van der Waals surface area contributed by atoms with Crippen molar-refractivity contribution in [1.82, 2.24) is 9.97 Å². The molecule has 3 aromatic heterocycles. The summed E-state index contributed by atoms with van der Waals surface area (Å²) < 4.78 is 15.1. The summed E-state index contributed by atoms with van der Waals surface area (Å²) in [5.41, 5.74) is 11.8. The Morgan fingerprint density at radius 3 is 2.11 bits per heavy atom. The molecule has 7 aromatic rings. The van der Waals surface area contributed by atoms with E-state index >= 15 is 0 Å². The van der Waals surface area contributed by atoms with Crippen LogP contribution in [0.4, 0.5) is 0 Å². The van der Waals surface area contributed by atoms with E-state index in [1.165, 1.54) is 27.4 Å². The molecule has 0 fully saturated rings. The zero-order valence-electron chi connectivity index (χ0n) is 33.8. The summed E-state index contributed by atoms with van der Waals surface area (Å²) in [6.07, 6.45) is 4.88. The van der Waals surface area contributed by atoms with E-state index in [0.717, 1.165) is 56.4 Å². The number of aromatic nitrogens is 2. The van der Waals surface area contributed by atoms with E-state index in [1.807, 2.05) is 56.6 Å². The van der Waals surface area contributed by atoms with Gasteiger partial charge in [-0.1, -0.05) is 145 Å². The van der Waals surface area contributed by atoms with Gasteiger partial charge in [-0.25, -0.2) is 0 Å². The molecule has 3 nitrogen and oxygen atoms in total. The van der Waals surface area contributed by atoms with Gasteiger partial charge in [-0.3, -0.25) is 0 Å². The fraction of sp³-hybridized carbons (Fsp3) is 0.292. The summed E-state index contributed by atoms with van der Waals surface area (Å²) >= 11 is 0. The van der Waals surface area contributed by atoms with E-state index in [9.17, 15) is 0 Å². The van der Waals surface area contributed by atoms with Gasteiger partial charge in [0.25, 0.3) is 0 Å². The fourth-order valence-corrected chi connectivity index (χ4v) is 8.48.